The van der Waals surface area contributed by atoms with Crippen LogP contribution in [-0.4, -0.2) is 51.2 Å². The Labute approximate surface area is 194 Å². The Hall–Kier alpha value is -3.25. The van der Waals surface area contributed by atoms with Crippen molar-refractivity contribution in [3.05, 3.63) is 72.3 Å². The van der Waals surface area contributed by atoms with Crippen LogP contribution in [-0.2, 0) is 0 Å². The summed E-state index contributed by atoms with van der Waals surface area (Å²) in [6, 6.07) is 17.1. The summed E-state index contributed by atoms with van der Waals surface area (Å²) in [6.07, 6.45) is 1.82. The molecule has 1 aliphatic rings. The number of benzene rings is 2. The number of aryl methyl sites for hydroxylation is 1. The van der Waals surface area contributed by atoms with Crippen molar-refractivity contribution >= 4 is 16.7 Å². The van der Waals surface area contributed by atoms with Crippen LogP contribution in [0.15, 0.2) is 60.8 Å². The zero-order valence-corrected chi connectivity index (χ0v) is 19.7. The minimum absolute atomic E-state index is 0.192. The molecule has 0 radical (unpaired) electrons. The highest BCUT2D eigenvalue weighted by molar-refractivity contribution is 5.86. The van der Waals surface area contributed by atoms with Gasteiger partial charge in [-0.05, 0) is 82.3 Å². The van der Waals surface area contributed by atoms with Gasteiger partial charge in [-0.2, -0.15) is 0 Å². The standard InChI is InChI=1S/C27H30FN5/c1-19-17-23(11-12-29-19)33-25-18-22(31-13-15-32(16-14-31)27(2,3)4)9-10-24(25)30-26(33)20-5-7-21(28)8-6-20/h5-12,17-18H,13-16H2,1-4H3. The van der Waals surface area contributed by atoms with Gasteiger partial charge in [0, 0.05) is 54.9 Å². The molecular weight excluding hydrogens is 413 g/mol. The van der Waals surface area contributed by atoms with Crippen molar-refractivity contribution in [1.29, 1.82) is 0 Å². The molecule has 5 rings (SSSR count). The topological polar surface area (TPSA) is 37.2 Å². The number of nitrogens with zero attached hydrogens (tertiary/aromatic N) is 5. The Morgan fingerprint density at radius 2 is 1.58 bits per heavy atom. The predicted molar refractivity (Wildman–Crippen MR) is 133 cm³/mol. The summed E-state index contributed by atoms with van der Waals surface area (Å²) < 4.78 is 15.8. The van der Waals surface area contributed by atoms with Gasteiger partial charge in [0.2, 0.25) is 0 Å². The first kappa shape index (κ1) is 21.6. The third-order valence-electron chi connectivity index (χ3n) is 6.47. The van der Waals surface area contributed by atoms with Gasteiger partial charge in [0.25, 0.3) is 0 Å². The first-order valence-corrected chi connectivity index (χ1v) is 11.5. The zero-order valence-electron chi connectivity index (χ0n) is 19.7. The number of anilines is 1. The summed E-state index contributed by atoms with van der Waals surface area (Å²) in [7, 11) is 0. The summed E-state index contributed by atoms with van der Waals surface area (Å²) in [6.45, 7) is 12.9. The molecule has 3 heterocycles. The molecule has 1 saturated heterocycles. The van der Waals surface area contributed by atoms with Gasteiger partial charge in [0.05, 0.1) is 16.7 Å². The number of hydrogen-bond donors (Lipinski definition) is 0. The van der Waals surface area contributed by atoms with Crippen molar-refractivity contribution in [2.24, 2.45) is 0 Å². The van der Waals surface area contributed by atoms with Crippen molar-refractivity contribution in [3.8, 4) is 17.1 Å². The van der Waals surface area contributed by atoms with Gasteiger partial charge in [-0.3, -0.25) is 14.5 Å². The molecule has 0 amide bonds. The van der Waals surface area contributed by atoms with Crippen LogP contribution in [0.5, 0.6) is 0 Å². The highest BCUT2D eigenvalue weighted by atomic mass is 19.1. The second-order valence-corrected chi connectivity index (χ2v) is 9.75. The minimum Gasteiger partial charge on any atom is -0.369 e. The van der Waals surface area contributed by atoms with E-state index < -0.39 is 0 Å². The third kappa shape index (κ3) is 4.23. The molecule has 6 heteroatoms. The van der Waals surface area contributed by atoms with Gasteiger partial charge in [-0.1, -0.05) is 0 Å². The van der Waals surface area contributed by atoms with Crippen LogP contribution >= 0.6 is 0 Å². The molecule has 2 aromatic carbocycles. The molecule has 0 bridgehead atoms. The summed E-state index contributed by atoms with van der Waals surface area (Å²) in [4.78, 5) is 14.3. The number of pyridine rings is 1. The fourth-order valence-corrected chi connectivity index (χ4v) is 4.62. The number of rotatable bonds is 3. The van der Waals surface area contributed by atoms with Crippen LogP contribution in [0, 0.1) is 12.7 Å². The predicted octanol–water partition coefficient (Wildman–Crippen LogP) is 5.46. The number of imidazole rings is 1. The van der Waals surface area contributed by atoms with Crippen molar-refractivity contribution in [1.82, 2.24) is 19.4 Å². The molecule has 33 heavy (non-hydrogen) atoms. The van der Waals surface area contributed by atoms with Gasteiger partial charge in [0.1, 0.15) is 11.6 Å². The lowest BCUT2D eigenvalue weighted by Gasteiger charge is -2.43. The van der Waals surface area contributed by atoms with E-state index >= 15 is 0 Å². The second-order valence-electron chi connectivity index (χ2n) is 9.75. The Bertz CT molecular complexity index is 1280. The molecule has 1 fully saturated rings. The monoisotopic (exact) mass is 443 g/mol. The van der Waals surface area contributed by atoms with E-state index in [1.165, 1.54) is 17.8 Å². The van der Waals surface area contributed by atoms with E-state index in [9.17, 15) is 4.39 Å². The highest BCUT2D eigenvalue weighted by Crippen LogP contribution is 2.32. The van der Waals surface area contributed by atoms with Gasteiger partial charge in [-0.15, -0.1) is 0 Å². The number of hydrogen-bond acceptors (Lipinski definition) is 4. The van der Waals surface area contributed by atoms with Crippen molar-refractivity contribution in [2.45, 2.75) is 33.2 Å². The van der Waals surface area contributed by atoms with E-state index in [4.69, 9.17) is 4.98 Å². The fraction of sp³-hybridized carbons (Fsp3) is 0.333. The summed E-state index contributed by atoms with van der Waals surface area (Å²) >= 11 is 0. The van der Waals surface area contributed by atoms with E-state index in [-0.39, 0.29) is 11.4 Å². The number of piperazine rings is 1. The average Bonchev–Trinajstić information content (AvgIpc) is 3.18. The molecule has 170 valence electrons. The van der Waals surface area contributed by atoms with Gasteiger partial charge in [-0.25, -0.2) is 9.37 Å². The fourth-order valence-electron chi connectivity index (χ4n) is 4.62. The number of aromatic nitrogens is 3. The Morgan fingerprint density at radius 3 is 2.24 bits per heavy atom. The van der Waals surface area contributed by atoms with Crippen LogP contribution in [0.2, 0.25) is 0 Å². The van der Waals surface area contributed by atoms with Crippen LogP contribution in [0.25, 0.3) is 28.1 Å². The van der Waals surface area contributed by atoms with Gasteiger partial charge < -0.3 is 4.90 Å². The molecule has 0 spiro atoms. The maximum Gasteiger partial charge on any atom is 0.145 e. The molecule has 4 aromatic rings. The van der Waals surface area contributed by atoms with Crippen LogP contribution in [0.3, 0.4) is 0 Å². The van der Waals surface area contributed by atoms with E-state index in [0.29, 0.717) is 0 Å². The summed E-state index contributed by atoms with van der Waals surface area (Å²) in [5, 5.41) is 0. The quantitative estimate of drug-likeness (QED) is 0.422. The van der Waals surface area contributed by atoms with Crippen molar-refractivity contribution < 1.29 is 4.39 Å². The zero-order chi connectivity index (χ0) is 23.2. The van der Waals surface area contributed by atoms with Crippen LogP contribution in [0.1, 0.15) is 26.5 Å². The molecule has 5 nitrogen and oxygen atoms in total. The summed E-state index contributed by atoms with van der Waals surface area (Å²) in [5.74, 6) is 0.545. The molecule has 1 aliphatic heterocycles. The van der Waals surface area contributed by atoms with E-state index in [1.807, 2.05) is 19.2 Å². The minimum atomic E-state index is -0.252. The van der Waals surface area contributed by atoms with Gasteiger partial charge in [0.15, 0.2) is 0 Å². The van der Waals surface area contributed by atoms with E-state index in [1.54, 1.807) is 12.1 Å². The lowest BCUT2D eigenvalue weighted by atomic mass is 10.0. The average molecular weight is 444 g/mol. The number of fused-ring (bicyclic) bond motifs is 1. The molecule has 0 unspecified atom stereocenters. The Balaban J connectivity index is 1.59. The first-order chi connectivity index (χ1) is 15.8. The highest BCUT2D eigenvalue weighted by Gasteiger charge is 2.26. The Morgan fingerprint density at radius 1 is 0.848 bits per heavy atom. The molecule has 0 aliphatic carbocycles. The van der Waals surface area contributed by atoms with Gasteiger partial charge >= 0.3 is 0 Å². The third-order valence-corrected chi connectivity index (χ3v) is 6.47. The SMILES string of the molecule is Cc1cc(-n2c(-c3ccc(F)cc3)nc3ccc(N4CCN(C(C)(C)C)CC4)cc32)ccn1. The normalized spacial score (nSPS) is 15.4. The molecular formula is C27H30FN5. The Kier molecular flexibility index (Phi) is 5.41. The molecule has 2 aromatic heterocycles. The number of halogens is 1. The van der Waals surface area contributed by atoms with Crippen LogP contribution < -0.4 is 4.90 Å². The maximum atomic E-state index is 13.6. The first-order valence-electron chi connectivity index (χ1n) is 11.5. The lowest BCUT2D eigenvalue weighted by Crippen LogP contribution is -2.53. The van der Waals surface area contributed by atoms with Crippen molar-refractivity contribution in [3.63, 3.8) is 0 Å². The second kappa shape index (κ2) is 8.27. The van der Waals surface area contributed by atoms with Crippen LogP contribution in [0.4, 0.5) is 10.1 Å². The molecule has 0 atom stereocenters. The smallest absolute Gasteiger partial charge is 0.145 e. The molecule has 0 saturated carbocycles. The summed E-state index contributed by atoms with van der Waals surface area (Å²) in [5.41, 5.74) is 6.17. The van der Waals surface area contributed by atoms with E-state index in [2.05, 4.69) is 64.4 Å². The lowest BCUT2D eigenvalue weighted by molar-refractivity contribution is 0.128. The molecule has 0 N–H and O–H groups in total. The van der Waals surface area contributed by atoms with E-state index in [0.717, 1.165) is 60.0 Å². The maximum absolute atomic E-state index is 13.6. The van der Waals surface area contributed by atoms with Crippen molar-refractivity contribution in [2.75, 3.05) is 31.1 Å². The largest absolute Gasteiger partial charge is 0.369 e.